The summed E-state index contributed by atoms with van der Waals surface area (Å²) in [6.45, 7) is 7.96. The predicted molar refractivity (Wildman–Crippen MR) is 49.3 cm³/mol. The van der Waals surface area contributed by atoms with Crippen molar-refractivity contribution in [2.75, 3.05) is 13.1 Å². The Labute approximate surface area is 74.4 Å². The Balaban J connectivity index is 3.70. The van der Waals surface area contributed by atoms with Crippen molar-refractivity contribution in [1.82, 2.24) is 4.90 Å². The fourth-order valence-corrected chi connectivity index (χ4v) is 1.15. The van der Waals surface area contributed by atoms with Crippen LogP contribution in [-0.4, -0.2) is 35.1 Å². The first-order valence-corrected chi connectivity index (χ1v) is 4.53. The lowest BCUT2D eigenvalue weighted by molar-refractivity contribution is -0.137. The van der Waals surface area contributed by atoms with Crippen molar-refractivity contribution in [2.45, 2.75) is 39.7 Å². The number of carboxylic acids is 1. The number of nitrogens with zero attached hydrogens (tertiary/aromatic N) is 1. The number of carboxylic acid groups (broad SMARTS) is 1. The quantitative estimate of drug-likeness (QED) is 0.663. The van der Waals surface area contributed by atoms with Crippen LogP contribution in [-0.2, 0) is 4.79 Å². The molecule has 3 heteroatoms. The zero-order valence-corrected chi connectivity index (χ0v) is 8.21. The van der Waals surface area contributed by atoms with Crippen molar-refractivity contribution in [3.8, 4) is 0 Å². The maximum atomic E-state index is 10.3. The average Bonchev–Trinajstić information content (AvgIpc) is 1.96. The summed E-state index contributed by atoms with van der Waals surface area (Å²) in [6.07, 6.45) is 1.33. The van der Waals surface area contributed by atoms with Gasteiger partial charge in [0.05, 0.1) is 6.42 Å². The Morgan fingerprint density at radius 2 is 2.00 bits per heavy atom. The van der Waals surface area contributed by atoms with Crippen molar-refractivity contribution < 1.29 is 9.90 Å². The molecule has 0 aromatic heterocycles. The Hall–Kier alpha value is -0.570. The van der Waals surface area contributed by atoms with Crippen LogP contribution in [0.25, 0.3) is 0 Å². The third-order valence-electron chi connectivity index (χ3n) is 1.85. The van der Waals surface area contributed by atoms with Crippen LogP contribution in [0.2, 0.25) is 0 Å². The second-order valence-corrected chi connectivity index (χ2v) is 3.27. The largest absolute Gasteiger partial charge is 0.481 e. The first-order valence-electron chi connectivity index (χ1n) is 4.53. The smallest absolute Gasteiger partial charge is 0.304 e. The van der Waals surface area contributed by atoms with E-state index < -0.39 is 5.97 Å². The van der Waals surface area contributed by atoms with Gasteiger partial charge in [-0.25, -0.2) is 0 Å². The molecule has 0 spiro atoms. The number of hydrogen-bond acceptors (Lipinski definition) is 2. The molecule has 0 fully saturated rings. The number of hydrogen-bond donors (Lipinski definition) is 1. The Bertz CT molecular complexity index is 134. The fraction of sp³-hybridized carbons (Fsp3) is 0.889. The van der Waals surface area contributed by atoms with Crippen LogP contribution < -0.4 is 0 Å². The molecule has 72 valence electrons. The molecule has 0 amide bonds. The van der Waals surface area contributed by atoms with Gasteiger partial charge < -0.3 is 10.0 Å². The monoisotopic (exact) mass is 173 g/mol. The van der Waals surface area contributed by atoms with Crippen LogP contribution in [0.4, 0.5) is 0 Å². The first kappa shape index (κ1) is 11.4. The molecular formula is C9H19NO2. The standard InChI is InChI=1S/C9H19NO2/c1-4-6-10(8(2)3)7-5-9(11)12/h8H,4-7H2,1-3H3,(H,11,12). The van der Waals surface area contributed by atoms with Gasteiger partial charge in [0.1, 0.15) is 0 Å². The normalized spacial score (nSPS) is 11.1. The van der Waals surface area contributed by atoms with E-state index >= 15 is 0 Å². The van der Waals surface area contributed by atoms with E-state index in [1.807, 2.05) is 0 Å². The maximum Gasteiger partial charge on any atom is 0.304 e. The predicted octanol–water partition coefficient (Wildman–Crippen LogP) is 1.58. The Morgan fingerprint density at radius 1 is 1.42 bits per heavy atom. The molecule has 0 aliphatic heterocycles. The van der Waals surface area contributed by atoms with Gasteiger partial charge in [0.25, 0.3) is 0 Å². The van der Waals surface area contributed by atoms with Gasteiger partial charge in [-0.15, -0.1) is 0 Å². The lowest BCUT2D eigenvalue weighted by Gasteiger charge is -2.24. The zero-order chi connectivity index (χ0) is 9.56. The molecule has 0 aliphatic rings. The van der Waals surface area contributed by atoms with Gasteiger partial charge in [-0.05, 0) is 26.8 Å². The second-order valence-electron chi connectivity index (χ2n) is 3.27. The van der Waals surface area contributed by atoms with Crippen LogP contribution in [0.1, 0.15) is 33.6 Å². The zero-order valence-electron chi connectivity index (χ0n) is 8.21. The fourth-order valence-electron chi connectivity index (χ4n) is 1.15. The molecule has 0 saturated heterocycles. The summed E-state index contributed by atoms with van der Waals surface area (Å²) in [4.78, 5) is 12.5. The third-order valence-corrected chi connectivity index (χ3v) is 1.85. The average molecular weight is 173 g/mol. The van der Waals surface area contributed by atoms with Crippen molar-refractivity contribution in [1.29, 1.82) is 0 Å². The lowest BCUT2D eigenvalue weighted by Crippen LogP contribution is -2.33. The topological polar surface area (TPSA) is 40.5 Å². The summed E-state index contributed by atoms with van der Waals surface area (Å²) in [7, 11) is 0. The van der Waals surface area contributed by atoms with Crippen LogP contribution in [0.5, 0.6) is 0 Å². The molecule has 0 radical (unpaired) electrons. The van der Waals surface area contributed by atoms with E-state index in [9.17, 15) is 4.79 Å². The molecule has 0 aliphatic carbocycles. The van der Waals surface area contributed by atoms with E-state index in [1.54, 1.807) is 0 Å². The number of aliphatic carboxylic acids is 1. The van der Waals surface area contributed by atoms with Gasteiger partial charge in [0.15, 0.2) is 0 Å². The Kier molecular flexibility index (Phi) is 5.72. The molecule has 0 atom stereocenters. The lowest BCUT2D eigenvalue weighted by atomic mass is 10.2. The van der Waals surface area contributed by atoms with E-state index in [0.29, 0.717) is 12.6 Å². The molecule has 0 heterocycles. The molecule has 3 nitrogen and oxygen atoms in total. The van der Waals surface area contributed by atoms with Gasteiger partial charge in [-0.3, -0.25) is 4.79 Å². The Morgan fingerprint density at radius 3 is 2.33 bits per heavy atom. The van der Waals surface area contributed by atoms with Crippen molar-refractivity contribution in [3.05, 3.63) is 0 Å². The van der Waals surface area contributed by atoms with Gasteiger partial charge in [0, 0.05) is 12.6 Å². The van der Waals surface area contributed by atoms with E-state index in [0.717, 1.165) is 13.0 Å². The molecule has 0 rings (SSSR count). The minimum atomic E-state index is -0.711. The van der Waals surface area contributed by atoms with E-state index in [1.165, 1.54) is 0 Å². The summed E-state index contributed by atoms with van der Waals surface area (Å²) in [5.74, 6) is -0.711. The minimum absolute atomic E-state index is 0.248. The van der Waals surface area contributed by atoms with Crippen molar-refractivity contribution in [3.63, 3.8) is 0 Å². The van der Waals surface area contributed by atoms with Gasteiger partial charge in [-0.1, -0.05) is 6.92 Å². The van der Waals surface area contributed by atoms with Gasteiger partial charge in [0.2, 0.25) is 0 Å². The molecule has 0 aromatic rings. The molecule has 1 N–H and O–H groups in total. The highest BCUT2D eigenvalue weighted by molar-refractivity contribution is 5.66. The van der Waals surface area contributed by atoms with Crippen molar-refractivity contribution in [2.24, 2.45) is 0 Å². The number of carbonyl (C=O) groups is 1. The molecular weight excluding hydrogens is 154 g/mol. The SMILES string of the molecule is CCCN(CCC(=O)O)C(C)C. The number of rotatable bonds is 6. The van der Waals surface area contributed by atoms with Gasteiger partial charge in [-0.2, -0.15) is 0 Å². The van der Waals surface area contributed by atoms with E-state index in [-0.39, 0.29) is 6.42 Å². The van der Waals surface area contributed by atoms with E-state index in [2.05, 4.69) is 25.7 Å². The van der Waals surface area contributed by atoms with Crippen molar-refractivity contribution >= 4 is 5.97 Å². The minimum Gasteiger partial charge on any atom is -0.481 e. The summed E-state index contributed by atoms with van der Waals surface area (Å²) >= 11 is 0. The highest BCUT2D eigenvalue weighted by Gasteiger charge is 2.09. The molecule has 0 aromatic carbocycles. The summed E-state index contributed by atoms with van der Waals surface area (Å²) in [5.41, 5.74) is 0. The van der Waals surface area contributed by atoms with Gasteiger partial charge >= 0.3 is 5.97 Å². The van der Waals surface area contributed by atoms with Crippen LogP contribution in [0, 0.1) is 0 Å². The third kappa shape index (κ3) is 5.13. The summed E-state index contributed by atoms with van der Waals surface area (Å²) in [5, 5.41) is 8.49. The van der Waals surface area contributed by atoms with Crippen LogP contribution in [0.3, 0.4) is 0 Å². The van der Waals surface area contributed by atoms with Crippen LogP contribution in [0.15, 0.2) is 0 Å². The highest BCUT2D eigenvalue weighted by Crippen LogP contribution is 2.00. The highest BCUT2D eigenvalue weighted by atomic mass is 16.4. The molecule has 12 heavy (non-hydrogen) atoms. The second kappa shape index (κ2) is 6.00. The maximum absolute atomic E-state index is 10.3. The summed E-state index contributed by atoms with van der Waals surface area (Å²) < 4.78 is 0. The molecule has 0 saturated carbocycles. The first-order chi connectivity index (χ1) is 5.57. The summed E-state index contributed by atoms with van der Waals surface area (Å²) in [6, 6.07) is 0.448. The van der Waals surface area contributed by atoms with Crippen LogP contribution >= 0.6 is 0 Å². The molecule has 0 bridgehead atoms. The van der Waals surface area contributed by atoms with E-state index in [4.69, 9.17) is 5.11 Å². The molecule has 0 unspecified atom stereocenters.